The zero-order chi connectivity index (χ0) is 18.1. The normalized spacial score (nSPS) is 28.8. The highest BCUT2D eigenvalue weighted by atomic mass is 16.5. The second-order valence-electron chi connectivity index (χ2n) is 8.25. The third kappa shape index (κ3) is 3.35. The Kier molecular flexibility index (Phi) is 4.93. The lowest BCUT2D eigenvalue weighted by Gasteiger charge is -2.43. The van der Waals surface area contributed by atoms with Crippen molar-refractivity contribution < 1.29 is 14.6 Å². The lowest BCUT2D eigenvalue weighted by Crippen LogP contribution is -2.50. The monoisotopic (exact) mass is 358 g/mol. The van der Waals surface area contributed by atoms with Gasteiger partial charge >= 0.3 is 0 Å². The zero-order valence-electron chi connectivity index (χ0n) is 15.7. The van der Waals surface area contributed by atoms with Crippen LogP contribution >= 0.6 is 0 Å². The van der Waals surface area contributed by atoms with Crippen molar-refractivity contribution in [3.05, 3.63) is 29.8 Å². The molecule has 1 aliphatic carbocycles. The minimum Gasteiger partial charge on any atom is -0.494 e. The van der Waals surface area contributed by atoms with Crippen LogP contribution in [0.15, 0.2) is 24.3 Å². The number of carbonyl (C=O) groups is 1. The summed E-state index contributed by atoms with van der Waals surface area (Å²) in [5.74, 6) is 1.96. The first-order valence-electron chi connectivity index (χ1n) is 9.98. The molecule has 4 rings (SSSR count). The largest absolute Gasteiger partial charge is 0.494 e. The van der Waals surface area contributed by atoms with E-state index in [1.165, 1.54) is 5.56 Å². The smallest absolute Gasteiger partial charge is 0.225 e. The molecule has 1 aromatic rings. The molecule has 2 saturated heterocycles. The highest BCUT2D eigenvalue weighted by Crippen LogP contribution is 2.44. The van der Waals surface area contributed by atoms with Crippen LogP contribution in [0.2, 0.25) is 0 Å². The van der Waals surface area contributed by atoms with Crippen molar-refractivity contribution in [3.63, 3.8) is 0 Å². The summed E-state index contributed by atoms with van der Waals surface area (Å²) in [4.78, 5) is 17.0. The number of likely N-dealkylation sites (tertiary alicyclic amines) is 2. The third-order valence-electron chi connectivity index (χ3n) is 6.36. The Morgan fingerprint density at radius 3 is 2.81 bits per heavy atom. The number of benzene rings is 1. The molecule has 1 amide bonds. The van der Waals surface area contributed by atoms with Crippen molar-refractivity contribution in [1.82, 2.24) is 9.80 Å². The summed E-state index contributed by atoms with van der Waals surface area (Å²) in [6.45, 7) is 7.08. The van der Waals surface area contributed by atoms with Gasteiger partial charge in [-0.1, -0.05) is 18.2 Å². The number of hydrogen-bond donors (Lipinski definition) is 1. The number of para-hydroxylation sites is 1. The second kappa shape index (κ2) is 7.20. The Morgan fingerprint density at radius 1 is 1.27 bits per heavy atom. The maximum absolute atomic E-state index is 12.5. The number of ether oxygens (including phenoxy) is 1. The van der Waals surface area contributed by atoms with Crippen LogP contribution in [0.3, 0.4) is 0 Å². The molecule has 0 aromatic heterocycles. The van der Waals surface area contributed by atoms with Crippen LogP contribution < -0.4 is 4.74 Å². The lowest BCUT2D eigenvalue weighted by atomic mass is 9.74. The number of fused-ring (bicyclic) bond motifs is 1. The standard InChI is InChI=1S/C21H30N2O3/c1-2-26-19-6-4-3-5-17(19)11-22-10-9-18-12-23(20(25)16-7-8-16)14-21(18,13-22)15-24/h3-6,16,18,24H,2,7-15H2,1H3. The summed E-state index contributed by atoms with van der Waals surface area (Å²) < 4.78 is 5.77. The van der Waals surface area contributed by atoms with Crippen molar-refractivity contribution in [3.8, 4) is 5.75 Å². The molecule has 2 heterocycles. The van der Waals surface area contributed by atoms with Crippen molar-refractivity contribution in [2.75, 3.05) is 39.4 Å². The first-order valence-corrected chi connectivity index (χ1v) is 9.98. The van der Waals surface area contributed by atoms with E-state index in [9.17, 15) is 9.90 Å². The summed E-state index contributed by atoms with van der Waals surface area (Å²) in [5, 5.41) is 10.2. The van der Waals surface area contributed by atoms with E-state index in [1.54, 1.807) is 0 Å². The van der Waals surface area contributed by atoms with Gasteiger partial charge in [-0.2, -0.15) is 0 Å². The van der Waals surface area contributed by atoms with Gasteiger partial charge in [-0.3, -0.25) is 9.69 Å². The molecular formula is C21H30N2O3. The fourth-order valence-electron chi connectivity index (χ4n) is 4.76. The molecule has 1 aromatic carbocycles. The van der Waals surface area contributed by atoms with E-state index in [1.807, 2.05) is 24.0 Å². The van der Waals surface area contributed by atoms with Crippen LogP contribution in [-0.2, 0) is 11.3 Å². The SMILES string of the molecule is CCOc1ccccc1CN1CCC2CN(C(=O)C3CC3)CC2(CO)C1. The summed E-state index contributed by atoms with van der Waals surface area (Å²) in [7, 11) is 0. The number of aliphatic hydroxyl groups is 1. The molecular weight excluding hydrogens is 328 g/mol. The van der Waals surface area contributed by atoms with Gasteiger partial charge in [0, 0.05) is 43.1 Å². The number of carbonyl (C=O) groups excluding carboxylic acids is 1. The molecule has 5 nitrogen and oxygen atoms in total. The van der Waals surface area contributed by atoms with E-state index in [2.05, 4.69) is 17.0 Å². The molecule has 2 unspecified atom stereocenters. The van der Waals surface area contributed by atoms with E-state index in [-0.39, 0.29) is 17.9 Å². The molecule has 26 heavy (non-hydrogen) atoms. The van der Waals surface area contributed by atoms with Crippen LogP contribution in [0.4, 0.5) is 0 Å². The second-order valence-corrected chi connectivity index (χ2v) is 8.25. The number of aliphatic hydroxyl groups excluding tert-OH is 1. The van der Waals surface area contributed by atoms with Crippen LogP contribution in [0.1, 0.15) is 31.7 Å². The summed E-state index contributed by atoms with van der Waals surface area (Å²) in [5.41, 5.74) is 1.04. The Hall–Kier alpha value is -1.59. The summed E-state index contributed by atoms with van der Waals surface area (Å²) in [6, 6.07) is 8.21. The average molecular weight is 358 g/mol. The van der Waals surface area contributed by atoms with Gasteiger partial charge in [-0.15, -0.1) is 0 Å². The topological polar surface area (TPSA) is 53.0 Å². The molecule has 0 radical (unpaired) electrons. The minimum absolute atomic E-state index is 0.162. The Labute approximate surface area is 155 Å². The minimum atomic E-state index is -0.163. The van der Waals surface area contributed by atoms with Gasteiger partial charge in [0.05, 0.1) is 13.2 Å². The predicted molar refractivity (Wildman–Crippen MR) is 99.8 cm³/mol. The zero-order valence-corrected chi connectivity index (χ0v) is 15.7. The van der Waals surface area contributed by atoms with E-state index in [0.717, 1.165) is 51.2 Å². The Balaban J connectivity index is 1.46. The lowest BCUT2D eigenvalue weighted by molar-refractivity contribution is -0.132. The number of nitrogens with zero attached hydrogens (tertiary/aromatic N) is 2. The van der Waals surface area contributed by atoms with Crippen LogP contribution in [0.5, 0.6) is 5.75 Å². The highest BCUT2D eigenvalue weighted by Gasteiger charge is 2.51. The molecule has 0 bridgehead atoms. The fourth-order valence-corrected chi connectivity index (χ4v) is 4.76. The van der Waals surface area contributed by atoms with E-state index >= 15 is 0 Å². The van der Waals surface area contributed by atoms with Gasteiger partial charge < -0.3 is 14.7 Å². The number of amides is 1. The molecule has 2 atom stereocenters. The van der Waals surface area contributed by atoms with Crippen LogP contribution in [0, 0.1) is 17.3 Å². The molecule has 142 valence electrons. The molecule has 1 N–H and O–H groups in total. The molecule has 2 aliphatic heterocycles. The molecule has 1 saturated carbocycles. The average Bonchev–Trinajstić information content (AvgIpc) is 3.43. The van der Waals surface area contributed by atoms with Crippen molar-refractivity contribution in [2.45, 2.75) is 32.7 Å². The van der Waals surface area contributed by atoms with Crippen molar-refractivity contribution in [1.29, 1.82) is 0 Å². The first kappa shape index (κ1) is 17.8. The maximum atomic E-state index is 12.5. The molecule has 3 aliphatic rings. The van der Waals surface area contributed by atoms with E-state index in [4.69, 9.17) is 4.74 Å². The maximum Gasteiger partial charge on any atom is 0.225 e. The van der Waals surface area contributed by atoms with Crippen LogP contribution in [0.25, 0.3) is 0 Å². The van der Waals surface area contributed by atoms with E-state index < -0.39 is 0 Å². The van der Waals surface area contributed by atoms with Gasteiger partial charge in [-0.25, -0.2) is 0 Å². The molecule has 0 spiro atoms. The van der Waals surface area contributed by atoms with Gasteiger partial charge in [0.15, 0.2) is 0 Å². The summed E-state index contributed by atoms with van der Waals surface area (Å²) >= 11 is 0. The number of rotatable bonds is 6. The quantitative estimate of drug-likeness (QED) is 0.847. The van der Waals surface area contributed by atoms with Crippen molar-refractivity contribution in [2.24, 2.45) is 17.3 Å². The van der Waals surface area contributed by atoms with Gasteiger partial charge in [0.25, 0.3) is 0 Å². The Bertz CT molecular complexity index is 660. The van der Waals surface area contributed by atoms with E-state index in [0.29, 0.717) is 25.0 Å². The van der Waals surface area contributed by atoms with Gasteiger partial charge in [0.1, 0.15) is 5.75 Å². The van der Waals surface area contributed by atoms with Gasteiger partial charge in [-0.05, 0) is 44.7 Å². The fraction of sp³-hybridized carbons (Fsp3) is 0.667. The number of piperidine rings is 1. The molecule has 3 fully saturated rings. The highest BCUT2D eigenvalue weighted by molar-refractivity contribution is 5.81. The molecule has 5 heteroatoms. The first-order chi connectivity index (χ1) is 12.6. The van der Waals surface area contributed by atoms with Gasteiger partial charge in [0.2, 0.25) is 5.91 Å². The number of hydrogen-bond acceptors (Lipinski definition) is 4. The van der Waals surface area contributed by atoms with Crippen molar-refractivity contribution >= 4 is 5.91 Å². The van der Waals surface area contributed by atoms with Crippen LogP contribution in [-0.4, -0.2) is 60.2 Å². The summed E-state index contributed by atoms with van der Waals surface area (Å²) in [6.07, 6.45) is 3.14. The predicted octanol–water partition coefficient (Wildman–Crippen LogP) is 2.14. The third-order valence-corrected chi connectivity index (χ3v) is 6.36. The Morgan fingerprint density at radius 2 is 2.08 bits per heavy atom.